The number of rotatable bonds is 73. The minimum atomic E-state index is -4.95. The molecule has 0 fully saturated rings. The molecular weight excluding hydrogens is 1200 g/mol. The molecule has 2 unspecified atom stereocenters. The molecule has 0 saturated heterocycles. The molecule has 0 aromatic carbocycles. The molecule has 0 aliphatic rings. The number of carbonyl (C=O) groups is 4. The predicted molar refractivity (Wildman–Crippen MR) is 368 cm³/mol. The molecule has 0 amide bonds. The Balaban J connectivity index is 5.16. The molecule has 0 aromatic rings. The van der Waals surface area contributed by atoms with Crippen molar-refractivity contribution in [2.45, 2.75) is 399 Å². The van der Waals surface area contributed by atoms with Gasteiger partial charge in [0.2, 0.25) is 0 Å². The van der Waals surface area contributed by atoms with E-state index in [1.807, 2.05) is 0 Å². The van der Waals surface area contributed by atoms with Gasteiger partial charge in [-0.3, -0.25) is 37.3 Å². The monoisotopic (exact) mass is 1340 g/mol. The van der Waals surface area contributed by atoms with Crippen molar-refractivity contribution in [3.05, 3.63) is 0 Å². The van der Waals surface area contributed by atoms with E-state index in [-0.39, 0.29) is 25.7 Å². The van der Waals surface area contributed by atoms with Gasteiger partial charge in [0.1, 0.15) is 19.3 Å². The molecule has 540 valence electrons. The number of unbranched alkanes of at least 4 members (excludes halogenated alkanes) is 47. The molecule has 0 aliphatic carbocycles. The van der Waals surface area contributed by atoms with E-state index in [0.29, 0.717) is 25.7 Å². The number of carbonyl (C=O) groups excluding carboxylic acids is 4. The van der Waals surface area contributed by atoms with Gasteiger partial charge in [-0.25, -0.2) is 9.13 Å². The molecule has 0 heterocycles. The SMILES string of the molecule is CCCCCCCCCCCCCCCCCCCCC(=O)O[C@H](COC(=O)CCCCCCCCCCCCCCCCCCC)COP(=O)(O)OC[C@@H](O)COP(=O)(O)OC[C@@H](COC(=O)CCCCCCCCC)OC(=O)CCCCCCCCCCC. The summed E-state index contributed by atoms with van der Waals surface area (Å²) in [6.45, 7) is 4.90. The number of ether oxygens (including phenoxy) is 4. The van der Waals surface area contributed by atoms with E-state index in [0.717, 1.165) is 103 Å². The largest absolute Gasteiger partial charge is 0.472 e. The van der Waals surface area contributed by atoms with Gasteiger partial charge in [0, 0.05) is 25.7 Å². The summed E-state index contributed by atoms with van der Waals surface area (Å²) in [5.41, 5.74) is 0. The van der Waals surface area contributed by atoms with Crippen LogP contribution < -0.4 is 0 Å². The van der Waals surface area contributed by atoms with Crippen molar-refractivity contribution < 1.29 is 80.2 Å². The first-order valence-corrected chi connectivity index (χ1v) is 40.8. The molecule has 0 bridgehead atoms. The second-order valence-electron chi connectivity index (χ2n) is 26.0. The van der Waals surface area contributed by atoms with Gasteiger partial charge in [-0.1, -0.05) is 329 Å². The van der Waals surface area contributed by atoms with Crippen molar-refractivity contribution in [2.75, 3.05) is 39.6 Å². The molecular formula is C72H140O17P2. The van der Waals surface area contributed by atoms with Crippen LogP contribution in [0.2, 0.25) is 0 Å². The molecule has 19 heteroatoms. The summed E-state index contributed by atoms with van der Waals surface area (Å²) >= 11 is 0. The molecule has 0 aromatic heterocycles. The van der Waals surface area contributed by atoms with Crippen LogP contribution in [0.5, 0.6) is 0 Å². The standard InChI is InChI=1S/C72H140O17P2/c1-5-9-13-17-21-24-26-28-30-32-34-36-38-40-43-47-51-55-59-72(77)89-68(63-83-70(75)57-53-49-45-42-39-37-35-33-31-29-27-25-22-18-14-10-6-2)65-87-91(80,81)85-61-66(73)60-84-90(78,79)86-64-67(62-82-69(74)56-52-48-44-20-16-12-8-4)88-71(76)58-54-50-46-41-23-19-15-11-7-3/h66-68,73H,5-65H2,1-4H3,(H,78,79)(H,80,81)/t66-,67+,68+/m0/s1. The molecule has 0 radical (unpaired) electrons. The first-order chi connectivity index (χ1) is 44.2. The van der Waals surface area contributed by atoms with Crippen molar-refractivity contribution in [1.82, 2.24) is 0 Å². The molecule has 0 spiro atoms. The summed E-state index contributed by atoms with van der Waals surface area (Å²) in [5, 5.41) is 10.6. The Bertz CT molecular complexity index is 1740. The Morgan fingerprint density at radius 2 is 0.440 bits per heavy atom. The van der Waals surface area contributed by atoms with Crippen molar-refractivity contribution in [1.29, 1.82) is 0 Å². The zero-order chi connectivity index (χ0) is 66.8. The molecule has 0 aliphatic heterocycles. The minimum absolute atomic E-state index is 0.106. The summed E-state index contributed by atoms with van der Waals surface area (Å²) in [7, 11) is -9.89. The summed E-state index contributed by atoms with van der Waals surface area (Å²) in [6.07, 6.45) is 55.7. The van der Waals surface area contributed by atoms with Crippen LogP contribution in [0.1, 0.15) is 381 Å². The summed E-state index contributed by atoms with van der Waals surface area (Å²) in [6, 6.07) is 0. The molecule has 17 nitrogen and oxygen atoms in total. The minimum Gasteiger partial charge on any atom is -0.462 e. The predicted octanol–water partition coefficient (Wildman–Crippen LogP) is 21.1. The fourth-order valence-corrected chi connectivity index (χ4v) is 12.6. The van der Waals surface area contributed by atoms with Crippen molar-refractivity contribution >= 4 is 39.5 Å². The van der Waals surface area contributed by atoms with Gasteiger partial charge in [-0.15, -0.1) is 0 Å². The van der Waals surface area contributed by atoms with E-state index in [2.05, 4.69) is 27.7 Å². The Labute approximate surface area is 556 Å². The average Bonchev–Trinajstić information content (AvgIpc) is 3.54. The normalized spacial score (nSPS) is 14.0. The summed E-state index contributed by atoms with van der Waals surface area (Å²) in [4.78, 5) is 72.4. The fourth-order valence-electron chi connectivity index (χ4n) is 11.0. The van der Waals surface area contributed by atoms with E-state index in [1.165, 1.54) is 199 Å². The molecule has 0 saturated carbocycles. The van der Waals surface area contributed by atoms with Gasteiger partial charge >= 0.3 is 39.5 Å². The van der Waals surface area contributed by atoms with E-state index >= 15 is 0 Å². The average molecular weight is 1340 g/mol. The van der Waals surface area contributed by atoms with Crippen LogP contribution in [-0.2, 0) is 65.4 Å². The third-order valence-corrected chi connectivity index (χ3v) is 18.8. The Morgan fingerprint density at radius 1 is 0.264 bits per heavy atom. The number of esters is 4. The highest BCUT2D eigenvalue weighted by atomic mass is 31.2. The topological polar surface area (TPSA) is 237 Å². The first kappa shape index (κ1) is 89.1. The van der Waals surface area contributed by atoms with Crippen LogP contribution in [-0.4, -0.2) is 96.7 Å². The zero-order valence-corrected chi connectivity index (χ0v) is 60.6. The first-order valence-electron chi connectivity index (χ1n) is 37.8. The smallest absolute Gasteiger partial charge is 0.462 e. The van der Waals surface area contributed by atoms with E-state index in [1.54, 1.807) is 0 Å². The fraction of sp³-hybridized carbons (Fsp3) is 0.944. The Hall–Kier alpha value is -1.94. The van der Waals surface area contributed by atoms with Crippen LogP contribution in [0.4, 0.5) is 0 Å². The maximum Gasteiger partial charge on any atom is 0.472 e. The number of phosphoric acid groups is 2. The molecule has 5 atom stereocenters. The van der Waals surface area contributed by atoms with E-state index in [4.69, 9.17) is 37.0 Å². The lowest BCUT2D eigenvalue weighted by Gasteiger charge is -2.21. The van der Waals surface area contributed by atoms with Gasteiger partial charge in [0.25, 0.3) is 0 Å². The number of hydrogen-bond acceptors (Lipinski definition) is 15. The van der Waals surface area contributed by atoms with E-state index < -0.39 is 97.5 Å². The van der Waals surface area contributed by atoms with Gasteiger partial charge < -0.3 is 33.8 Å². The van der Waals surface area contributed by atoms with Gasteiger partial charge in [-0.2, -0.15) is 0 Å². The van der Waals surface area contributed by atoms with Crippen LogP contribution in [0, 0.1) is 0 Å². The van der Waals surface area contributed by atoms with Gasteiger partial charge in [-0.05, 0) is 25.7 Å². The number of aliphatic hydroxyl groups is 1. The van der Waals surface area contributed by atoms with Crippen LogP contribution in [0.15, 0.2) is 0 Å². The Kier molecular flexibility index (Phi) is 65.2. The van der Waals surface area contributed by atoms with Crippen molar-refractivity contribution in [3.63, 3.8) is 0 Å². The van der Waals surface area contributed by atoms with Crippen molar-refractivity contribution in [3.8, 4) is 0 Å². The lowest BCUT2D eigenvalue weighted by Crippen LogP contribution is -2.30. The molecule has 0 rings (SSSR count). The van der Waals surface area contributed by atoms with Crippen LogP contribution in [0.25, 0.3) is 0 Å². The summed E-state index contributed by atoms with van der Waals surface area (Å²) < 4.78 is 68.2. The van der Waals surface area contributed by atoms with Crippen LogP contribution >= 0.6 is 15.6 Å². The number of hydrogen-bond donors (Lipinski definition) is 3. The highest BCUT2D eigenvalue weighted by molar-refractivity contribution is 7.47. The van der Waals surface area contributed by atoms with Crippen molar-refractivity contribution in [2.24, 2.45) is 0 Å². The van der Waals surface area contributed by atoms with Crippen LogP contribution in [0.3, 0.4) is 0 Å². The highest BCUT2D eigenvalue weighted by Crippen LogP contribution is 2.45. The second kappa shape index (κ2) is 66.7. The quantitative estimate of drug-likeness (QED) is 0.0222. The second-order valence-corrected chi connectivity index (χ2v) is 28.9. The third-order valence-electron chi connectivity index (χ3n) is 16.9. The zero-order valence-electron chi connectivity index (χ0n) is 58.8. The lowest BCUT2D eigenvalue weighted by atomic mass is 10.0. The molecule has 3 N–H and O–H groups in total. The maximum absolute atomic E-state index is 13.0. The number of aliphatic hydroxyl groups excluding tert-OH is 1. The molecule has 91 heavy (non-hydrogen) atoms. The number of phosphoric ester groups is 2. The van der Waals surface area contributed by atoms with Gasteiger partial charge in [0.05, 0.1) is 26.4 Å². The Morgan fingerprint density at radius 3 is 0.648 bits per heavy atom. The highest BCUT2D eigenvalue weighted by Gasteiger charge is 2.30. The lowest BCUT2D eigenvalue weighted by molar-refractivity contribution is -0.161. The van der Waals surface area contributed by atoms with E-state index in [9.17, 15) is 43.2 Å². The third kappa shape index (κ3) is 66.5. The maximum atomic E-state index is 13.0. The van der Waals surface area contributed by atoms with Gasteiger partial charge in [0.15, 0.2) is 12.2 Å². The summed E-state index contributed by atoms with van der Waals surface area (Å²) in [5.74, 6) is -2.12.